The van der Waals surface area contributed by atoms with Crippen molar-refractivity contribution >= 4 is 0 Å². The van der Waals surface area contributed by atoms with Crippen LogP contribution in [0.5, 0.6) is 0 Å². The first kappa shape index (κ1) is 8.26. The lowest BCUT2D eigenvalue weighted by Gasteiger charge is -2.18. The van der Waals surface area contributed by atoms with Crippen molar-refractivity contribution in [1.29, 1.82) is 0 Å². The van der Waals surface area contributed by atoms with Crippen LogP contribution in [0.1, 0.15) is 0 Å². The van der Waals surface area contributed by atoms with Crippen LogP contribution in [0.2, 0.25) is 0 Å². The first-order valence-corrected chi connectivity index (χ1v) is 2.00. The molecule has 0 aliphatic carbocycles. The van der Waals surface area contributed by atoms with Crippen LogP contribution in [0.3, 0.4) is 0 Å². The predicted molar refractivity (Wildman–Crippen MR) is 24.1 cm³/mol. The number of alkyl halides is 3. The monoisotopic (exact) mass is 143 g/mol. The van der Waals surface area contributed by atoms with Crippen molar-refractivity contribution in [2.24, 2.45) is 0 Å². The van der Waals surface area contributed by atoms with Crippen LogP contribution in [-0.4, -0.2) is 18.2 Å². The van der Waals surface area contributed by atoms with Gasteiger partial charge < -0.3 is 0 Å². The van der Waals surface area contributed by atoms with E-state index >= 15 is 0 Å². The van der Waals surface area contributed by atoms with Gasteiger partial charge in [-0.05, 0) is 6.58 Å². The standard InChI is InChI=1S/C4H5F4N/c1-3(5)9(2)4(6,7)8/h1H2,2H3. The molecule has 0 atom stereocenters. The Morgan fingerprint density at radius 1 is 1.44 bits per heavy atom. The minimum Gasteiger partial charge on any atom is -0.263 e. The van der Waals surface area contributed by atoms with Crippen LogP contribution in [0.25, 0.3) is 0 Å². The zero-order chi connectivity index (χ0) is 7.65. The third kappa shape index (κ3) is 2.34. The number of halogens is 4. The second-order valence-electron chi connectivity index (χ2n) is 1.40. The Labute approximate surface area is 49.6 Å². The fourth-order valence-electron chi connectivity index (χ4n) is 0.138. The summed E-state index contributed by atoms with van der Waals surface area (Å²) in [6.07, 6.45) is -4.66. The second-order valence-corrected chi connectivity index (χ2v) is 1.40. The zero-order valence-corrected chi connectivity index (χ0v) is 4.67. The van der Waals surface area contributed by atoms with Crippen LogP contribution in [0, 0.1) is 0 Å². The molecule has 0 amide bonds. The average molecular weight is 143 g/mol. The van der Waals surface area contributed by atoms with E-state index in [1.165, 1.54) is 0 Å². The Balaban J connectivity index is 4.04. The number of rotatable bonds is 1. The van der Waals surface area contributed by atoms with Crippen molar-refractivity contribution < 1.29 is 17.6 Å². The highest BCUT2D eigenvalue weighted by Crippen LogP contribution is 2.22. The molecule has 0 fully saturated rings. The Hall–Kier alpha value is -0.740. The van der Waals surface area contributed by atoms with Gasteiger partial charge in [-0.3, -0.25) is 4.90 Å². The summed E-state index contributed by atoms with van der Waals surface area (Å²) in [6, 6.07) is 0. The average Bonchev–Trinajstić information content (AvgIpc) is 1.62. The molecule has 0 bridgehead atoms. The molecule has 0 spiro atoms. The number of hydrogen-bond acceptors (Lipinski definition) is 1. The smallest absolute Gasteiger partial charge is 0.263 e. The summed E-state index contributed by atoms with van der Waals surface area (Å²) < 4.78 is 45.6. The summed E-state index contributed by atoms with van der Waals surface area (Å²) in [7, 11) is 0.558. The Morgan fingerprint density at radius 3 is 1.78 bits per heavy atom. The molecule has 1 nitrogen and oxygen atoms in total. The molecule has 0 rings (SSSR count). The van der Waals surface area contributed by atoms with E-state index in [-0.39, 0.29) is 0 Å². The van der Waals surface area contributed by atoms with Gasteiger partial charge in [0.1, 0.15) is 0 Å². The number of nitrogens with zero attached hydrogens (tertiary/aromatic N) is 1. The molecular formula is C4H5F4N. The molecule has 0 N–H and O–H groups in total. The maximum absolute atomic E-state index is 11.6. The first-order chi connectivity index (χ1) is 3.85. The lowest BCUT2D eigenvalue weighted by atomic mass is 10.8. The summed E-state index contributed by atoms with van der Waals surface area (Å²) in [6.45, 7) is 2.46. The van der Waals surface area contributed by atoms with Gasteiger partial charge in [0.2, 0.25) is 0 Å². The van der Waals surface area contributed by atoms with Crippen LogP contribution in [0.4, 0.5) is 17.6 Å². The maximum Gasteiger partial charge on any atom is 0.486 e. The molecule has 0 aromatic heterocycles. The molecule has 0 radical (unpaired) electrons. The molecule has 0 saturated carbocycles. The van der Waals surface area contributed by atoms with Crippen molar-refractivity contribution in [2.45, 2.75) is 6.30 Å². The lowest BCUT2D eigenvalue weighted by Crippen LogP contribution is -2.31. The Kier molecular flexibility index (Phi) is 2.06. The molecule has 0 unspecified atom stereocenters. The van der Waals surface area contributed by atoms with E-state index in [1.807, 2.05) is 0 Å². The van der Waals surface area contributed by atoms with Crippen molar-refractivity contribution in [3.8, 4) is 0 Å². The van der Waals surface area contributed by atoms with Crippen LogP contribution >= 0.6 is 0 Å². The summed E-state index contributed by atoms with van der Waals surface area (Å²) in [5.74, 6) is -1.51. The SMILES string of the molecule is C=C(F)N(C)C(F)(F)F. The van der Waals surface area contributed by atoms with E-state index in [0.29, 0.717) is 7.05 Å². The minimum atomic E-state index is -4.66. The molecule has 0 aromatic rings. The van der Waals surface area contributed by atoms with E-state index in [0.717, 1.165) is 0 Å². The van der Waals surface area contributed by atoms with E-state index in [2.05, 4.69) is 6.58 Å². The molecule has 5 heteroatoms. The van der Waals surface area contributed by atoms with Crippen LogP contribution < -0.4 is 0 Å². The molecule has 0 aromatic carbocycles. The first-order valence-electron chi connectivity index (χ1n) is 2.00. The molecule has 54 valence electrons. The third-order valence-electron chi connectivity index (χ3n) is 0.744. The molecular weight excluding hydrogens is 138 g/mol. The summed E-state index contributed by atoms with van der Waals surface area (Å²) >= 11 is 0. The fourth-order valence-corrected chi connectivity index (χ4v) is 0.138. The molecule has 0 aliphatic rings. The largest absolute Gasteiger partial charge is 0.486 e. The summed E-state index contributed by atoms with van der Waals surface area (Å²) in [5.41, 5.74) is 0. The predicted octanol–water partition coefficient (Wildman–Crippen LogP) is 1.88. The van der Waals surface area contributed by atoms with Gasteiger partial charge in [-0.15, -0.1) is 0 Å². The van der Waals surface area contributed by atoms with Crippen LogP contribution in [0.15, 0.2) is 12.5 Å². The van der Waals surface area contributed by atoms with Gasteiger partial charge in [-0.1, -0.05) is 0 Å². The highest BCUT2D eigenvalue weighted by molar-refractivity contribution is 4.79. The molecule has 0 aliphatic heterocycles. The maximum atomic E-state index is 11.6. The number of hydrogen-bond donors (Lipinski definition) is 0. The molecule has 0 saturated heterocycles. The quantitative estimate of drug-likeness (QED) is 0.400. The van der Waals surface area contributed by atoms with Gasteiger partial charge in [0, 0.05) is 7.05 Å². The Bertz CT molecular complexity index is 116. The molecule has 9 heavy (non-hydrogen) atoms. The third-order valence-corrected chi connectivity index (χ3v) is 0.744. The van der Waals surface area contributed by atoms with E-state index in [9.17, 15) is 17.6 Å². The van der Waals surface area contributed by atoms with Gasteiger partial charge in [0.15, 0.2) is 5.95 Å². The highest BCUT2D eigenvalue weighted by Gasteiger charge is 2.35. The summed E-state index contributed by atoms with van der Waals surface area (Å²) in [5, 5.41) is 0. The van der Waals surface area contributed by atoms with E-state index < -0.39 is 17.2 Å². The van der Waals surface area contributed by atoms with Crippen LogP contribution in [-0.2, 0) is 0 Å². The van der Waals surface area contributed by atoms with Gasteiger partial charge in [0.05, 0.1) is 0 Å². The summed E-state index contributed by atoms with van der Waals surface area (Å²) in [4.78, 5) is -0.507. The van der Waals surface area contributed by atoms with Gasteiger partial charge in [0.25, 0.3) is 0 Å². The lowest BCUT2D eigenvalue weighted by molar-refractivity contribution is -0.229. The normalized spacial score (nSPS) is 11.2. The highest BCUT2D eigenvalue weighted by atomic mass is 19.4. The van der Waals surface area contributed by atoms with E-state index in [1.54, 1.807) is 0 Å². The minimum absolute atomic E-state index is 0.507. The Morgan fingerprint density at radius 2 is 1.78 bits per heavy atom. The van der Waals surface area contributed by atoms with Crippen molar-refractivity contribution in [2.75, 3.05) is 7.05 Å². The van der Waals surface area contributed by atoms with Gasteiger partial charge in [-0.25, -0.2) is 0 Å². The topological polar surface area (TPSA) is 3.24 Å². The van der Waals surface area contributed by atoms with Gasteiger partial charge in [-0.2, -0.15) is 17.6 Å². The molecule has 0 heterocycles. The van der Waals surface area contributed by atoms with Crippen molar-refractivity contribution in [3.05, 3.63) is 12.5 Å². The zero-order valence-electron chi connectivity index (χ0n) is 4.67. The van der Waals surface area contributed by atoms with Gasteiger partial charge >= 0.3 is 6.30 Å². The van der Waals surface area contributed by atoms with Crippen molar-refractivity contribution in [3.63, 3.8) is 0 Å². The fraction of sp³-hybridized carbons (Fsp3) is 0.500. The van der Waals surface area contributed by atoms with Crippen molar-refractivity contribution in [1.82, 2.24) is 4.90 Å². The second kappa shape index (κ2) is 2.24. The van der Waals surface area contributed by atoms with E-state index in [4.69, 9.17) is 0 Å².